The maximum Gasteiger partial charge on any atom is 0.338 e. The second-order valence-electron chi connectivity index (χ2n) is 7.45. The summed E-state index contributed by atoms with van der Waals surface area (Å²) in [5.74, 6) is -3.37. The Balaban J connectivity index is 1.72. The first kappa shape index (κ1) is 28.6. The molecule has 0 bridgehead atoms. The lowest BCUT2D eigenvalue weighted by molar-refractivity contribution is -0.115. The predicted molar refractivity (Wildman–Crippen MR) is 147 cm³/mol. The van der Waals surface area contributed by atoms with Gasteiger partial charge in [0.05, 0.1) is 47.7 Å². The van der Waals surface area contributed by atoms with Crippen LogP contribution in [0.3, 0.4) is 0 Å². The van der Waals surface area contributed by atoms with Crippen molar-refractivity contribution in [3.8, 4) is 0 Å². The van der Waals surface area contributed by atoms with Crippen LogP contribution in [0.15, 0.2) is 53.4 Å². The van der Waals surface area contributed by atoms with E-state index in [1.54, 1.807) is 49.4 Å². The standard InChI is InChI=1S/C24H17Cl4N3O5S/c1-10(22(33)31-14-5-3-2-4-13(14)21(29)32)37-12-8-6-11(7-9-12)30-23(34)15-16(24(35)36)18(26)20(28)19(27)17(15)25/h2-10H,1H3,(H2,29,32)(H,30,34)(H,31,33)(H,35,36). The SMILES string of the molecule is CC(Sc1ccc(NC(=O)c2c(Cl)c(Cl)c(Cl)c(Cl)c2C(=O)O)cc1)C(=O)Nc1ccccc1C(N)=O. The van der Waals surface area contributed by atoms with Gasteiger partial charge in [-0.2, -0.15) is 0 Å². The van der Waals surface area contributed by atoms with E-state index in [0.717, 1.165) is 0 Å². The number of primary amides is 1. The quantitative estimate of drug-likeness (QED) is 0.133. The van der Waals surface area contributed by atoms with Gasteiger partial charge < -0.3 is 21.5 Å². The molecule has 0 aromatic heterocycles. The van der Waals surface area contributed by atoms with Gasteiger partial charge in [0.2, 0.25) is 5.91 Å². The summed E-state index contributed by atoms with van der Waals surface area (Å²) >= 11 is 25.3. The zero-order chi connectivity index (χ0) is 27.4. The van der Waals surface area contributed by atoms with Gasteiger partial charge >= 0.3 is 5.97 Å². The Morgan fingerprint density at radius 1 is 0.838 bits per heavy atom. The molecule has 3 aromatic rings. The first-order chi connectivity index (χ1) is 17.4. The summed E-state index contributed by atoms with van der Waals surface area (Å²) in [5.41, 5.74) is 5.16. The second-order valence-corrected chi connectivity index (χ2v) is 10.4. The molecule has 37 heavy (non-hydrogen) atoms. The number of para-hydroxylation sites is 1. The van der Waals surface area contributed by atoms with E-state index in [2.05, 4.69) is 10.6 Å². The molecule has 8 nitrogen and oxygen atoms in total. The fourth-order valence-corrected chi connectivity index (χ4v) is 5.04. The molecule has 0 aliphatic carbocycles. The molecule has 0 saturated carbocycles. The summed E-state index contributed by atoms with van der Waals surface area (Å²) in [6, 6.07) is 12.8. The first-order valence-corrected chi connectivity index (χ1v) is 12.7. The number of carbonyl (C=O) groups excluding carboxylic acids is 3. The lowest BCUT2D eigenvalue weighted by Crippen LogP contribution is -2.24. The van der Waals surface area contributed by atoms with E-state index in [-0.39, 0.29) is 26.5 Å². The van der Waals surface area contributed by atoms with Gasteiger partial charge in [-0.25, -0.2) is 4.79 Å². The van der Waals surface area contributed by atoms with Crippen LogP contribution in [0.25, 0.3) is 0 Å². The van der Waals surface area contributed by atoms with Gasteiger partial charge in [0.15, 0.2) is 0 Å². The fourth-order valence-electron chi connectivity index (χ4n) is 3.16. The molecule has 192 valence electrons. The average Bonchev–Trinajstić information content (AvgIpc) is 2.85. The molecule has 3 aromatic carbocycles. The number of benzene rings is 3. The number of halogens is 4. The van der Waals surface area contributed by atoms with Crippen LogP contribution in [0.1, 0.15) is 38.0 Å². The topological polar surface area (TPSA) is 139 Å². The van der Waals surface area contributed by atoms with Gasteiger partial charge in [-0.05, 0) is 43.3 Å². The van der Waals surface area contributed by atoms with Crippen molar-refractivity contribution in [2.45, 2.75) is 17.1 Å². The number of aromatic carboxylic acids is 1. The van der Waals surface area contributed by atoms with Gasteiger partial charge in [-0.1, -0.05) is 58.5 Å². The van der Waals surface area contributed by atoms with Crippen LogP contribution >= 0.6 is 58.2 Å². The van der Waals surface area contributed by atoms with Crippen molar-refractivity contribution in [1.82, 2.24) is 0 Å². The minimum absolute atomic E-state index is 0.197. The van der Waals surface area contributed by atoms with E-state index in [1.807, 2.05) is 0 Å². The highest BCUT2D eigenvalue weighted by molar-refractivity contribution is 8.00. The molecule has 0 spiro atoms. The third kappa shape index (κ3) is 6.49. The monoisotopic (exact) mass is 599 g/mol. The Labute approximate surface area is 235 Å². The fraction of sp³-hybridized carbons (Fsp3) is 0.0833. The molecule has 1 atom stereocenters. The van der Waals surface area contributed by atoms with Crippen molar-refractivity contribution < 1.29 is 24.3 Å². The van der Waals surface area contributed by atoms with E-state index in [9.17, 15) is 24.3 Å². The summed E-state index contributed by atoms with van der Waals surface area (Å²) in [7, 11) is 0. The average molecular weight is 601 g/mol. The van der Waals surface area contributed by atoms with E-state index in [0.29, 0.717) is 16.3 Å². The lowest BCUT2D eigenvalue weighted by atomic mass is 10.1. The van der Waals surface area contributed by atoms with E-state index in [1.165, 1.54) is 17.8 Å². The van der Waals surface area contributed by atoms with Gasteiger partial charge in [-0.3, -0.25) is 14.4 Å². The zero-order valence-electron chi connectivity index (χ0n) is 18.8. The van der Waals surface area contributed by atoms with Crippen LogP contribution in [-0.4, -0.2) is 34.0 Å². The lowest BCUT2D eigenvalue weighted by Gasteiger charge is -2.15. The predicted octanol–water partition coefficient (Wildman–Crippen LogP) is 6.47. The van der Waals surface area contributed by atoms with Crippen LogP contribution in [-0.2, 0) is 4.79 Å². The Bertz CT molecular complexity index is 1420. The number of nitrogens with two attached hydrogens (primary N) is 1. The van der Waals surface area contributed by atoms with Crippen LogP contribution in [0.4, 0.5) is 11.4 Å². The molecule has 0 heterocycles. The highest BCUT2D eigenvalue weighted by Crippen LogP contribution is 2.42. The van der Waals surface area contributed by atoms with Crippen molar-refractivity contribution in [1.29, 1.82) is 0 Å². The van der Waals surface area contributed by atoms with E-state index in [4.69, 9.17) is 52.1 Å². The molecule has 1 unspecified atom stereocenters. The van der Waals surface area contributed by atoms with Gasteiger partial charge in [-0.15, -0.1) is 11.8 Å². The Morgan fingerprint density at radius 2 is 1.41 bits per heavy atom. The largest absolute Gasteiger partial charge is 0.478 e. The number of carbonyl (C=O) groups is 4. The first-order valence-electron chi connectivity index (χ1n) is 10.3. The maximum atomic E-state index is 12.9. The molecule has 0 fully saturated rings. The Hall–Kier alpha value is -2.95. The Morgan fingerprint density at radius 3 is 1.97 bits per heavy atom. The minimum Gasteiger partial charge on any atom is -0.478 e. The minimum atomic E-state index is -1.51. The van der Waals surface area contributed by atoms with Crippen LogP contribution < -0.4 is 16.4 Å². The molecule has 13 heteroatoms. The highest BCUT2D eigenvalue weighted by atomic mass is 35.5. The number of thioether (sulfide) groups is 1. The molecule has 0 saturated heterocycles. The molecule has 0 radical (unpaired) electrons. The third-order valence-electron chi connectivity index (χ3n) is 4.95. The number of anilines is 2. The number of hydrogen-bond donors (Lipinski definition) is 4. The zero-order valence-corrected chi connectivity index (χ0v) is 22.6. The normalized spacial score (nSPS) is 11.5. The maximum absolute atomic E-state index is 12.9. The molecular formula is C24H17Cl4N3O5S. The van der Waals surface area contributed by atoms with E-state index < -0.39 is 39.2 Å². The molecule has 3 amide bonds. The number of rotatable bonds is 8. The van der Waals surface area contributed by atoms with Crippen molar-refractivity contribution in [2.24, 2.45) is 5.73 Å². The summed E-state index contributed by atoms with van der Waals surface area (Å²) in [5, 5.41) is 12.9. The summed E-state index contributed by atoms with van der Waals surface area (Å²) < 4.78 is 0. The smallest absolute Gasteiger partial charge is 0.338 e. The van der Waals surface area contributed by atoms with Crippen LogP contribution in [0.5, 0.6) is 0 Å². The number of carboxylic acid groups (broad SMARTS) is 1. The van der Waals surface area contributed by atoms with Crippen molar-refractivity contribution in [3.05, 3.63) is 85.3 Å². The van der Waals surface area contributed by atoms with Crippen LogP contribution in [0, 0.1) is 0 Å². The number of nitrogens with one attached hydrogen (secondary N) is 2. The summed E-state index contributed by atoms with van der Waals surface area (Å²) in [6.45, 7) is 1.69. The third-order valence-corrected chi connectivity index (χ3v) is 7.87. The highest BCUT2D eigenvalue weighted by Gasteiger charge is 2.29. The molecule has 3 rings (SSSR count). The van der Waals surface area contributed by atoms with Crippen molar-refractivity contribution in [2.75, 3.05) is 10.6 Å². The van der Waals surface area contributed by atoms with Crippen molar-refractivity contribution >= 4 is 93.2 Å². The Kier molecular flexibility index (Phi) is 9.33. The molecule has 0 aliphatic heterocycles. The summed E-state index contributed by atoms with van der Waals surface area (Å²) in [6.07, 6.45) is 0. The number of amides is 3. The second kappa shape index (κ2) is 12.1. The number of carboxylic acids is 1. The molecule has 0 aliphatic rings. The van der Waals surface area contributed by atoms with E-state index >= 15 is 0 Å². The summed E-state index contributed by atoms with van der Waals surface area (Å²) in [4.78, 5) is 49.5. The number of hydrogen-bond acceptors (Lipinski definition) is 5. The van der Waals surface area contributed by atoms with Gasteiger partial charge in [0.25, 0.3) is 11.8 Å². The van der Waals surface area contributed by atoms with Crippen LogP contribution in [0.2, 0.25) is 20.1 Å². The van der Waals surface area contributed by atoms with Gasteiger partial charge in [0, 0.05) is 10.6 Å². The van der Waals surface area contributed by atoms with Crippen molar-refractivity contribution in [3.63, 3.8) is 0 Å². The van der Waals surface area contributed by atoms with Gasteiger partial charge in [0.1, 0.15) is 0 Å². The molecule has 5 N–H and O–H groups in total. The molecular weight excluding hydrogens is 584 g/mol.